The highest BCUT2D eigenvalue weighted by molar-refractivity contribution is 5.79. The van der Waals surface area contributed by atoms with Crippen LogP contribution in [0.5, 0.6) is 11.5 Å². The van der Waals surface area contributed by atoms with Gasteiger partial charge in [0.2, 0.25) is 6.41 Å². The first-order valence-corrected chi connectivity index (χ1v) is 9.02. The molecule has 2 aromatic carbocycles. The Bertz CT molecular complexity index is 862. The number of amides is 1. The largest absolute Gasteiger partial charge is 0.508 e. The van der Waals surface area contributed by atoms with Crippen LogP contribution in [0.4, 0.5) is 5.69 Å². The van der Waals surface area contributed by atoms with Gasteiger partial charge in [-0.25, -0.2) is 0 Å². The Morgan fingerprint density at radius 3 is 2.59 bits per heavy atom. The first-order valence-electron chi connectivity index (χ1n) is 9.02. The normalized spacial score (nSPS) is 10.7. The molecule has 0 radical (unpaired) electrons. The number of ether oxygens (including phenoxy) is 1. The van der Waals surface area contributed by atoms with Crippen molar-refractivity contribution < 1.29 is 14.6 Å². The Morgan fingerprint density at radius 1 is 1.19 bits per heavy atom. The number of aryl methyl sites for hydroxylation is 1. The van der Waals surface area contributed by atoms with Crippen LogP contribution in [0, 0.1) is 0 Å². The predicted molar refractivity (Wildman–Crippen MR) is 112 cm³/mol. The lowest BCUT2D eigenvalue weighted by atomic mass is 9.94. The average molecular weight is 365 g/mol. The van der Waals surface area contributed by atoms with Gasteiger partial charge in [0.1, 0.15) is 11.5 Å². The molecule has 0 aromatic heterocycles. The number of hydrogen-bond donors (Lipinski definition) is 2. The topological polar surface area (TPSA) is 58.6 Å². The fraction of sp³-hybridized carbons (Fsp3) is 0.261. The summed E-state index contributed by atoms with van der Waals surface area (Å²) in [5, 5.41) is 12.7. The molecule has 0 heterocycles. The lowest BCUT2D eigenvalue weighted by molar-refractivity contribution is -0.105. The predicted octanol–water partition coefficient (Wildman–Crippen LogP) is 5.21. The number of rotatable bonds is 8. The van der Waals surface area contributed by atoms with E-state index in [1.807, 2.05) is 30.4 Å². The molecule has 0 fully saturated rings. The number of phenols is 1. The molecule has 142 valence electrons. The van der Waals surface area contributed by atoms with Gasteiger partial charge in [-0.15, -0.1) is 0 Å². The van der Waals surface area contributed by atoms with E-state index in [1.165, 1.54) is 11.1 Å². The molecule has 0 unspecified atom stereocenters. The second-order valence-corrected chi connectivity index (χ2v) is 6.57. The molecule has 0 aliphatic rings. The number of hydrogen-bond acceptors (Lipinski definition) is 3. The Kier molecular flexibility index (Phi) is 7.24. The maximum absolute atomic E-state index is 10.7. The third kappa shape index (κ3) is 5.48. The van der Waals surface area contributed by atoms with Gasteiger partial charge in [0.15, 0.2) is 0 Å². The summed E-state index contributed by atoms with van der Waals surface area (Å²) >= 11 is 0. The van der Waals surface area contributed by atoms with Crippen molar-refractivity contribution in [1.82, 2.24) is 0 Å². The number of aromatic hydroxyl groups is 1. The van der Waals surface area contributed by atoms with Crippen LogP contribution in [-0.4, -0.2) is 18.6 Å². The zero-order valence-electron chi connectivity index (χ0n) is 16.4. The molecule has 2 aromatic rings. The van der Waals surface area contributed by atoms with E-state index in [0.717, 1.165) is 29.5 Å². The second-order valence-electron chi connectivity index (χ2n) is 6.57. The summed E-state index contributed by atoms with van der Waals surface area (Å²) in [6.45, 7) is 6.27. The van der Waals surface area contributed by atoms with Gasteiger partial charge in [-0.2, -0.15) is 0 Å². The number of anilines is 1. The molecule has 2 rings (SSSR count). The van der Waals surface area contributed by atoms with Crippen molar-refractivity contribution in [3.05, 3.63) is 64.2 Å². The fourth-order valence-corrected chi connectivity index (χ4v) is 2.94. The standard InChI is InChI=1S/C23H27NO3/c1-5-18-13-20(26)14-19(21(18)10-6-16(2)3)9-7-17-8-11-22(24-15-25)23(12-17)27-4/h6-9,11-15,26H,5,10H2,1-4H3,(H,24,25)/b9-7+. The number of carbonyl (C=O) groups excluding carboxylic acids is 1. The van der Waals surface area contributed by atoms with Crippen LogP contribution in [-0.2, 0) is 17.6 Å². The monoisotopic (exact) mass is 365 g/mol. The number of phenolic OH excluding ortho intramolecular Hbond substituents is 1. The number of nitrogens with one attached hydrogen (secondary N) is 1. The van der Waals surface area contributed by atoms with Crippen molar-refractivity contribution in [3.8, 4) is 11.5 Å². The summed E-state index contributed by atoms with van der Waals surface area (Å²) in [4.78, 5) is 10.7. The fourth-order valence-electron chi connectivity index (χ4n) is 2.94. The number of methoxy groups -OCH3 is 1. The van der Waals surface area contributed by atoms with E-state index < -0.39 is 0 Å². The van der Waals surface area contributed by atoms with E-state index in [0.29, 0.717) is 17.8 Å². The SMILES string of the molecule is CCc1cc(O)cc(/C=C/c2ccc(NC=O)c(OC)c2)c1CC=C(C)C. The van der Waals surface area contributed by atoms with Crippen LogP contribution in [0.1, 0.15) is 43.0 Å². The lowest BCUT2D eigenvalue weighted by Crippen LogP contribution is -1.97. The number of allylic oxidation sites excluding steroid dienone is 2. The zero-order chi connectivity index (χ0) is 19.8. The Morgan fingerprint density at radius 2 is 1.96 bits per heavy atom. The van der Waals surface area contributed by atoms with Crippen LogP contribution in [0.2, 0.25) is 0 Å². The molecule has 0 bridgehead atoms. The summed E-state index contributed by atoms with van der Waals surface area (Å²) in [6, 6.07) is 9.21. The molecule has 0 saturated carbocycles. The minimum Gasteiger partial charge on any atom is -0.508 e. The van der Waals surface area contributed by atoms with Crippen LogP contribution >= 0.6 is 0 Å². The van der Waals surface area contributed by atoms with E-state index in [4.69, 9.17) is 4.74 Å². The molecule has 0 aliphatic carbocycles. The Labute approximate surface area is 161 Å². The summed E-state index contributed by atoms with van der Waals surface area (Å²) in [7, 11) is 1.57. The zero-order valence-corrected chi connectivity index (χ0v) is 16.4. The third-order valence-electron chi connectivity index (χ3n) is 4.35. The molecule has 0 saturated heterocycles. The smallest absolute Gasteiger partial charge is 0.211 e. The molecular weight excluding hydrogens is 338 g/mol. The summed E-state index contributed by atoms with van der Waals surface area (Å²) in [5.41, 5.74) is 6.20. The van der Waals surface area contributed by atoms with Gasteiger partial charge in [0.05, 0.1) is 12.8 Å². The van der Waals surface area contributed by atoms with Crippen LogP contribution in [0.15, 0.2) is 42.0 Å². The van der Waals surface area contributed by atoms with Gasteiger partial charge in [0, 0.05) is 0 Å². The van der Waals surface area contributed by atoms with Gasteiger partial charge in [0.25, 0.3) is 0 Å². The second kappa shape index (κ2) is 9.62. The quantitative estimate of drug-likeness (QED) is 0.383. The van der Waals surface area contributed by atoms with Gasteiger partial charge in [-0.3, -0.25) is 4.79 Å². The van der Waals surface area contributed by atoms with E-state index in [1.54, 1.807) is 19.2 Å². The van der Waals surface area contributed by atoms with Crippen molar-refractivity contribution in [3.63, 3.8) is 0 Å². The van der Waals surface area contributed by atoms with Gasteiger partial charge >= 0.3 is 0 Å². The van der Waals surface area contributed by atoms with Gasteiger partial charge < -0.3 is 15.2 Å². The highest BCUT2D eigenvalue weighted by Gasteiger charge is 2.08. The van der Waals surface area contributed by atoms with Crippen molar-refractivity contribution in [1.29, 1.82) is 0 Å². The van der Waals surface area contributed by atoms with Crippen molar-refractivity contribution in [2.75, 3.05) is 12.4 Å². The maximum Gasteiger partial charge on any atom is 0.211 e. The molecule has 0 aliphatic heterocycles. The number of benzene rings is 2. The summed E-state index contributed by atoms with van der Waals surface area (Å²) in [5.74, 6) is 0.870. The minimum atomic E-state index is 0.274. The van der Waals surface area contributed by atoms with Gasteiger partial charge in [-0.1, -0.05) is 36.8 Å². The Balaban J connectivity index is 2.42. The molecule has 0 spiro atoms. The molecule has 1 amide bonds. The molecular formula is C23H27NO3. The average Bonchev–Trinajstić information content (AvgIpc) is 2.65. The van der Waals surface area contributed by atoms with Gasteiger partial charge in [-0.05, 0) is 73.2 Å². The van der Waals surface area contributed by atoms with Crippen molar-refractivity contribution in [2.24, 2.45) is 0 Å². The highest BCUT2D eigenvalue weighted by Crippen LogP contribution is 2.28. The van der Waals surface area contributed by atoms with E-state index in [2.05, 4.69) is 32.2 Å². The molecule has 27 heavy (non-hydrogen) atoms. The highest BCUT2D eigenvalue weighted by atomic mass is 16.5. The number of carbonyl (C=O) groups is 1. The molecule has 2 N–H and O–H groups in total. The maximum atomic E-state index is 10.7. The first-order chi connectivity index (χ1) is 13.0. The minimum absolute atomic E-state index is 0.274. The van der Waals surface area contributed by atoms with Crippen LogP contribution < -0.4 is 10.1 Å². The third-order valence-corrected chi connectivity index (χ3v) is 4.35. The van der Waals surface area contributed by atoms with Crippen LogP contribution in [0.25, 0.3) is 12.2 Å². The molecule has 0 atom stereocenters. The van der Waals surface area contributed by atoms with E-state index in [9.17, 15) is 9.90 Å². The summed E-state index contributed by atoms with van der Waals surface area (Å²) < 4.78 is 5.33. The first kappa shape index (κ1) is 20.3. The Hall–Kier alpha value is -3.01. The van der Waals surface area contributed by atoms with E-state index in [-0.39, 0.29) is 5.75 Å². The summed E-state index contributed by atoms with van der Waals surface area (Å²) in [6.07, 6.45) is 8.51. The molecule has 4 nitrogen and oxygen atoms in total. The lowest BCUT2D eigenvalue weighted by Gasteiger charge is -2.12. The molecule has 4 heteroatoms. The van der Waals surface area contributed by atoms with Crippen LogP contribution in [0.3, 0.4) is 0 Å². The van der Waals surface area contributed by atoms with E-state index >= 15 is 0 Å². The van der Waals surface area contributed by atoms with Crippen molar-refractivity contribution >= 4 is 24.2 Å². The van der Waals surface area contributed by atoms with Crippen molar-refractivity contribution in [2.45, 2.75) is 33.6 Å².